The lowest BCUT2D eigenvalue weighted by Gasteiger charge is -2.10. The van der Waals surface area contributed by atoms with Crippen molar-refractivity contribution in [3.63, 3.8) is 0 Å². The van der Waals surface area contributed by atoms with Crippen LogP contribution in [0.4, 0.5) is 16.2 Å². The number of nitrogens with zero attached hydrogens (tertiary/aromatic N) is 4. The van der Waals surface area contributed by atoms with Crippen LogP contribution in [-0.4, -0.2) is 77.1 Å². The molecule has 3 rings (SSSR count). The van der Waals surface area contributed by atoms with Crippen LogP contribution in [0.3, 0.4) is 0 Å². The number of hydrogen-bond donors (Lipinski definition) is 3. The maximum Gasteiger partial charge on any atom is 0.322 e. The van der Waals surface area contributed by atoms with E-state index in [1.807, 2.05) is 14.1 Å². The van der Waals surface area contributed by atoms with Gasteiger partial charge in [0.25, 0.3) is 11.8 Å². The second-order valence-electron chi connectivity index (χ2n) is 7.73. The topological polar surface area (TPSA) is 103 Å². The van der Waals surface area contributed by atoms with Gasteiger partial charge in [-0.1, -0.05) is 0 Å². The monoisotopic (exact) mass is 451 g/mol. The molecule has 4 amide bonds. The van der Waals surface area contributed by atoms with Crippen LogP contribution in [0, 0.1) is 0 Å². The Kier molecular flexibility index (Phi) is 8.12. The average molecular weight is 452 g/mol. The van der Waals surface area contributed by atoms with E-state index in [1.165, 1.54) is 0 Å². The smallest absolute Gasteiger partial charge is 0.322 e. The van der Waals surface area contributed by atoms with E-state index < -0.39 is 0 Å². The Balaban J connectivity index is 0.00000341. The quantitative estimate of drug-likeness (QED) is 0.418. The summed E-state index contributed by atoms with van der Waals surface area (Å²) in [5.74, 6) is -0.510. The number of hydrogen-bond acceptors (Lipinski definition) is 4. The molecule has 0 radical (unpaired) electrons. The Morgan fingerprint density at radius 3 is 2.03 bits per heavy atom. The van der Waals surface area contributed by atoms with Gasteiger partial charge in [0.05, 0.1) is 11.4 Å². The van der Waals surface area contributed by atoms with Gasteiger partial charge in [-0.15, -0.1) is 12.4 Å². The summed E-state index contributed by atoms with van der Waals surface area (Å²) in [6.07, 6.45) is 4.24. The van der Waals surface area contributed by atoms with Crippen LogP contribution in [0.25, 0.3) is 0 Å². The number of carbonyl (C=O) groups excluding carboxylic acids is 3. The Bertz CT molecular complexity index is 947. The fraction of sp³-hybridized carbons (Fsp3) is 0.450. The molecule has 3 heterocycles. The van der Waals surface area contributed by atoms with Gasteiger partial charge in [0.2, 0.25) is 0 Å². The first kappa shape index (κ1) is 24.3. The number of aryl methyl sites for hydroxylation is 2. The minimum absolute atomic E-state index is 0. The third-order valence-corrected chi connectivity index (χ3v) is 4.79. The number of amides is 4. The van der Waals surface area contributed by atoms with Crippen molar-refractivity contribution in [2.75, 3.05) is 50.9 Å². The number of urea groups is 1. The van der Waals surface area contributed by atoms with Gasteiger partial charge in [-0.2, -0.15) is 0 Å². The molecule has 0 saturated carbocycles. The standard InChI is InChI=1S/C20H29N7O3.ClH/c1-24(2)7-5-6-21-18(28)16-10-14(12-25(16)3)22-19(29)17-11-15(13-26(17)4)23-20(30)27-8-9-27;/h10-13H,5-9H2,1-4H3,(H,21,28)(H,22,29)(H,23,30);1H. The fourth-order valence-electron chi connectivity index (χ4n) is 3.06. The molecule has 11 heteroatoms. The van der Waals surface area contributed by atoms with E-state index in [2.05, 4.69) is 20.9 Å². The molecular formula is C20H30ClN7O3. The second-order valence-corrected chi connectivity index (χ2v) is 7.73. The molecule has 0 unspecified atom stereocenters. The summed E-state index contributed by atoms with van der Waals surface area (Å²) in [6, 6.07) is 3.10. The van der Waals surface area contributed by atoms with Gasteiger partial charge in [0, 0.05) is 46.1 Å². The lowest BCUT2D eigenvalue weighted by atomic mass is 10.3. The molecule has 31 heavy (non-hydrogen) atoms. The first-order chi connectivity index (χ1) is 14.2. The minimum atomic E-state index is -0.326. The molecule has 3 N–H and O–H groups in total. The zero-order valence-corrected chi connectivity index (χ0v) is 19.1. The van der Waals surface area contributed by atoms with Crippen molar-refractivity contribution in [1.82, 2.24) is 24.3 Å². The fourth-order valence-corrected chi connectivity index (χ4v) is 3.06. The van der Waals surface area contributed by atoms with Gasteiger partial charge >= 0.3 is 6.03 Å². The molecule has 0 atom stereocenters. The number of anilines is 2. The van der Waals surface area contributed by atoms with Gasteiger partial charge in [-0.25, -0.2) is 4.79 Å². The molecule has 0 spiro atoms. The van der Waals surface area contributed by atoms with Crippen molar-refractivity contribution >= 4 is 41.6 Å². The maximum absolute atomic E-state index is 12.7. The summed E-state index contributed by atoms with van der Waals surface area (Å²) in [4.78, 5) is 40.6. The van der Waals surface area contributed by atoms with Crippen molar-refractivity contribution in [2.24, 2.45) is 14.1 Å². The van der Waals surface area contributed by atoms with E-state index in [4.69, 9.17) is 0 Å². The number of carbonyl (C=O) groups is 3. The molecule has 10 nitrogen and oxygen atoms in total. The molecule has 1 saturated heterocycles. The summed E-state index contributed by atoms with van der Waals surface area (Å²) in [7, 11) is 7.47. The normalized spacial score (nSPS) is 12.4. The zero-order chi connectivity index (χ0) is 21.8. The van der Waals surface area contributed by atoms with Crippen LogP contribution in [0.1, 0.15) is 27.4 Å². The largest absolute Gasteiger partial charge is 0.351 e. The van der Waals surface area contributed by atoms with E-state index >= 15 is 0 Å². The van der Waals surface area contributed by atoms with Gasteiger partial charge in [0.1, 0.15) is 11.4 Å². The maximum atomic E-state index is 12.7. The summed E-state index contributed by atoms with van der Waals surface area (Å²) in [5.41, 5.74) is 1.95. The van der Waals surface area contributed by atoms with Crippen LogP contribution >= 0.6 is 12.4 Å². The molecule has 2 aromatic heterocycles. The molecule has 1 aliphatic rings. The highest BCUT2D eigenvalue weighted by atomic mass is 35.5. The summed E-state index contributed by atoms with van der Waals surface area (Å²) >= 11 is 0. The molecule has 0 aromatic carbocycles. The lowest BCUT2D eigenvalue weighted by molar-refractivity contribution is 0.0943. The summed E-state index contributed by atoms with van der Waals surface area (Å²) in [5, 5.41) is 8.47. The van der Waals surface area contributed by atoms with Crippen molar-refractivity contribution in [2.45, 2.75) is 6.42 Å². The summed E-state index contributed by atoms with van der Waals surface area (Å²) < 4.78 is 3.33. The van der Waals surface area contributed by atoms with E-state index in [0.717, 1.165) is 26.1 Å². The van der Waals surface area contributed by atoms with Crippen LogP contribution < -0.4 is 16.0 Å². The second kappa shape index (κ2) is 10.4. The first-order valence-electron chi connectivity index (χ1n) is 9.87. The molecule has 170 valence electrons. The minimum Gasteiger partial charge on any atom is -0.351 e. The molecule has 2 aromatic rings. The van der Waals surface area contributed by atoms with E-state index in [9.17, 15) is 14.4 Å². The lowest BCUT2D eigenvalue weighted by Crippen LogP contribution is -2.28. The average Bonchev–Trinajstić information content (AvgIpc) is 3.37. The van der Waals surface area contributed by atoms with Crippen LogP contribution in [0.5, 0.6) is 0 Å². The Morgan fingerprint density at radius 2 is 1.48 bits per heavy atom. The van der Waals surface area contributed by atoms with Crippen molar-refractivity contribution < 1.29 is 14.4 Å². The Hall–Kier alpha value is -2.98. The predicted molar refractivity (Wildman–Crippen MR) is 122 cm³/mol. The predicted octanol–water partition coefficient (Wildman–Crippen LogP) is 1.57. The van der Waals surface area contributed by atoms with Gasteiger partial charge in [-0.3, -0.25) is 9.59 Å². The Morgan fingerprint density at radius 1 is 0.935 bits per heavy atom. The molecule has 0 aliphatic carbocycles. The van der Waals surface area contributed by atoms with E-state index in [0.29, 0.717) is 29.3 Å². The van der Waals surface area contributed by atoms with Crippen molar-refractivity contribution in [1.29, 1.82) is 0 Å². The molecule has 1 aliphatic heterocycles. The number of halogens is 1. The number of aromatic nitrogens is 2. The molecular weight excluding hydrogens is 422 g/mol. The highest BCUT2D eigenvalue weighted by molar-refractivity contribution is 6.05. The SMILES string of the molecule is CN(C)CCCNC(=O)c1cc(NC(=O)c2cc(NC(=O)N3CC3)cn2C)cn1C.Cl. The van der Waals surface area contributed by atoms with Crippen LogP contribution in [0.2, 0.25) is 0 Å². The zero-order valence-electron chi connectivity index (χ0n) is 18.3. The molecule has 0 bridgehead atoms. The van der Waals surface area contributed by atoms with E-state index in [1.54, 1.807) is 52.7 Å². The first-order valence-corrected chi connectivity index (χ1v) is 9.87. The van der Waals surface area contributed by atoms with Gasteiger partial charge in [-0.05, 0) is 39.2 Å². The van der Waals surface area contributed by atoms with Gasteiger partial charge in [0.15, 0.2) is 0 Å². The number of rotatable bonds is 8. The van der Waals surface area contributed by atoms with Crippen molar-refractivity contribution in [3.05, 3.63) is 35.9 Å². The summed E-state index contributed by atoms with van der Waals surface area (Å²) in [6.45, 7) is 2.99. The Labute approximate surface area is 188 Å². The molecule has 1 fully saturated rings. The van der Waals surface area contributed by atoms with Crippen LogP contribution in [-0.2, 0) is 14.1 Å². The van der Waals surface area contributed by atoms with Crippen molar-refractivity contribution in [3.8, 4) is 0 Å². The highest BCUT2D eigenvalue weighted by Gasteiger charge is 2.24. The highest BCUT2D eigenvalue weighted by Crippen LogP contribution is 2.18. The number of nitrogens with one attached hydrogen (secondary N) is 3. The van der Waals surface area contributed by atoms with Crippen LogP contribution in [0.15, 0.2) is 24.5 Å². The van der Waals surface area contributed by atoms with E-state index in [-0.39, 0.29) is 30.3 Å². The third kappa shape index (κ3) is 6.50. The van der Waals surface area contributed by atoms with Gasteiger partial charge < -0.3 is 34.9 Å². The third-order valence-electron chi connectivity index (χ3n) is 4.79.